The van der Waals surface area contributed by atoms with Gasteiger partial charge in [-0.25, -0.2) is 9.59 Å². The zero-order chi connectivity index (χ0) is 30.0. The highest BCUT2D eigenvalue weighted by Crippen LogP contribution is 2.71. The van der Waals surface area contributed by atoms with Crippen molar-refractivity contribution >= 4 is 17.7 Å². The first-order valence-corrected chi connectivity index (χ1v) is 15.0. The molecule has 10 atom stereocenters. The van der Waals surface area contributed by atoms with Gasteiger partial charge in [0.15, 0.2) is 0 Å². The SMILES string of the molecule is C/C=C(\C)C(=O)O[C@@H]1[C@@H](OC(=O)c2ccccc2)[C@]2(C)[C@@H](C(C)=O)CC[C@]2(O)[C@]2(O)CC[C@H]3C[C@@H](O)CC[C@]3(C)[C@@H]12. The van der Waals surface area contributed by atoms with Crippen molar-refractivity contribution in [1.82, 2.24) is 0 Å². The summed E-state index contributed by atoms with van der Waals surface area (Å²) in [6.45, 7) is 8.58. The summed E-state index contributed by atoms with van der Waals surface area (Å²) in [4.78, 5) is 40.3. The third-order valence-corrected chi connectivity index (χ3v) is 11.7. The number of hydrogen-bond donors (Lipinski definition) is 3. The van der Waals surface area contributed by atoms with Gasteiger partial charge in [-0.2, -0.15) is 0 Å². The Bertz CT molecular complexity index is 1240. The van der Waals surface area contributed by atoms with Crippen molar-refractivity contribution in [2.75, 3.05) is 0 Å². The van der Waals surface area contributed by atoms with Crippen molar-refractivity contribution in [3.8, 4) is 0 Å². The number of carbonyl (C=O) groups is 3. The second-order valence-electron chi connectivity index (χ2n) is 13.4. The van der Waals surface area contributed by atoms with E-state index in [-0.39, 0.29) is 24.5 Å². The van der Waals surface area contributed by atoms with Crippen LogP contribution in [0.15, 0.2) is 42.0 Å². The highest BCUT2D eigenvalue weighted by molar-refractivity contribution is 5.90. The summed E-state index contributed by atoms with van der Waals surface area (Å²) in [5, 5.41) is 36.2. The molecule has 4 aliphatic rings. The molecule has 224 valence electrons. The molecule has 4 saturated carbocycles. The summed E-state index contributed by atoms with van der Waals surface area (Å²) < 4.78 is 12.6. The summed E-state index contributed by atoms with van der Waals surface area (Å²) in [5.74, 6) is -2.96. The first-order valence-electron chi connectivity index (χ1n) is 15.0. The molecule has 3 N–H and O–H groups in total. The van der Waals surface area contributed by atoms with Crippen LogP contribution in [-0.2, 0) is 19.1 Å². The van der Waals surface area contributed by atoms with Crippen LogP contribution in [0.5, 0.6) is 0 Å². The van der Waals surface area contributed by atoms with Crippen molar-refractivity contribution in [2.45, 2.75) is 109 Å². The zero-order valence-corrected chi connectivity index (χ0v) is 24.8. The summed E-state index contributed by atoms with van der Waals surface area (Å²) in [6.07, 6.45) is 1.67. The summed E-state index contributed by atoms with van der Waals surface area (Å²) in [6, 6.07) is 8.47. The molecule has 0 heterocycles. The van der Waals surface area contributed by atoms with Crippen molar-refractivity contribution in [3.63, 3.8) is 0 Å². The second-order valence-corrected chi connectivity index (χ2v) is 13.4. The van der Waals surface area contributed by atoms with Gasteiger partial charge in [0.25, 0.3) is 0 Å². The van der Waals surface area contributed by atoms with Gasteiger partial charge < -0.3 is 24.8 Å². The average Bonchev–Trinajstić information content (AvgIpc) is 3.23. The molecule has 8 heteroatoms. The minimum atomic E-state index is -1.79. The quantitative estimate of drug-likeness (QED) is 0.357. The molecule has 0 aromatic heterocycles. The predicted molar refractivity (Wildman–Crippen MR) is 151 cm³/mol. The zero-order valence-electron chi connectivity index (χ0n) is 24.8. The van der Waals surface area contributed by atoms with E-state index in [0.717, 1.165) is 0 Å². The summed E-state index contributed by atoms with van der Waals surface area (Å²) >= 11 is 0. The van der Waals surface area contributed by atoms with Crippen molar-refractivity contribution in [3.05, 3.63) is 47.5 Å². The Morgan fingerprint density at radius 2 is 1.63 bits per heavy atom. The number of fused-ring (bicyclic) bond motifs is 5. The standard InChI is InChI=1S/C33H44O8/c1-6-19(2)28(36)40-25-26-30(4)15-13-23(35)18-22(30)12-16-32(26,38)33(39)17-14-24(20(3)34)31(33,5)27(25)41-29(37)21-10-8-7-9-11-21/h6-11,22-27,35,38-39H,12-18H2,1-5H3/b19-6+/t22-,23-,24+,25-,26+,27+,30-,31-,32-,33+/m0/s1. The number of hydrogen-bond acceptors (Lipinski definition) is 8. The van der Waals surface area contributed by atoms with Gasteiger partial charge in [0.2, 0.25) is 0 Å². The van der Waals surface area contributed by atoms with Crippen LogP contribution in [-0.4, -0.2) is 62.6 Å². The number of rotatable bonds is 5. The molecule has 0 unspecified atom stereocenters. The van der Waals surface area contributed by atoms with E-state index in [1.54, 1.807) is 57.2 Å². The number of ketones is 1. The molecule has 1 aromatic carbocycles. The van der Waals surface area contributed by atoms with Gasteiger partial charge in [-0.1, -0.05) is 38.1 Å². The number of aliphatic hydroxyl groups is 3. The van der Waals surface area contributed by atoms with E-state index >= 15 is 0 Å². The fourth-order valence-corrected chi connectivity index (χ4v) is 9.34. The van der Waals surface area contributed by atoms with Gasteiger partial charge in [0, 0.05) is 22.8 Å². The normalized spacial score (nSPS) is 43.8. The van der Waals surface area contributed by atoms with Crippen LogP contribution in [0.3, 0.4) is 0 Å². The molecule has 0 radical (unpaired) electrons. The molecule has 4 fully saturated rings. The van der Waals surface area contributed by atoms with Crippen LogP contribution in [0.2, 0.25) is 0 Å². The number of benzene rings is 1. The Kier molecular flexibility index (Phi) is 7.53. The maximum absolute atomic E-state index is 13.7. The lowest BCUT2D eigenvalue weighted by Crippen LogP contribution is -2.81. The van der Waals surface area contributed by atoms with Crippen molar-refractivity contribution in [2.24, 2.45) is 28.6 Å². The molecule has 5 rings (SSSR count). The Morgan fingerprint density at radius 1 is 0.951 bits per heavy atom. The Balaban J connectivity index is 1.73. The molecule has 4 aliphatic carbocycles. The topological polar surface area (TPSA) is 130 Å². The van der Waals surface area contributed by atoms with Crippen LogP contribution in [0, 0.1) is 28.6 Å². The van der Waals surface area contributed by atoms with Gasteiger partial charge in [-0.05, 0) is 89.2 Å². The second kappa shape index (κ2) is 10.3. The highest BCUT2D eigenvalue weighted by Gasteiger charge is 2.81. The summed E-state index contributed by atoms with van der Waals surface area (Å²) in [5.41, 5.74) is -4.92. The maximum Gasteiger partial charge on any atom is 0.338 e. The van der Waals surface area contributed by atoms with Crippen LogP contribution in [0.1, 0.15) is 89.9 Å². The molecule has 1 aromatic rings. The Labute approximate surface area is 242 Å². The first-order chi connectivity index (χ1) is 19.2. The maximum atomic E-state index is 13.7. The fraction of sp³-hybridized carbons (Fsp3) is 0.667. The lowest BCUT2D eigenvalue weighted by atomic mass is 9.39. The number of esters is 2. The van der Waals surface area contributed by atoms with Crippen LogP contribution >= 0.6 is 0 Å². The molecule has 0 bridgehead atoms. The number of Topliss-reactive ketones (excluding diaryl/α,β-unsaturated/α-hetero) is 1. The number of allylic oxidation sites excluding steroid dienone is 1. The molecular weight excluding hydrogens is 524 g/mol. The van der Waals surface area contributed by atoms with Crippen LogP contribution < -0.4 is 0 Å². The van der Waals surface area contributed by atoms with Crippen LogP contribution in [0.4, 0.5) is 0 Å². The van der Waals surface area contributed by atoms with E-state index in [1.165, 1.54) is 6.92 Å². The van der Waals surface area contributed by atoms with Gasteiger partial charge in [0.05, 0.1) is 11.7 Å². The molecule has 0 aliphatic heterocycles. The minimum Gasteiger partial charge on any atom is -0.455 e. The molecule has 0 saturated heterocycles. The van der Waals surface area contributed by atoms with Crippen LogP contribution in [0.25, 0.3) is 0 Å². The van der Waals surface area contributed by atoms with E-state index < -0.39 is 64.1 Å². The van der Waals surface area contributed by atoms with Gasteiger partial charge in [-0.3, -0.25) is 4.79 Å². The Morgan fingerprint density at radius 3 is 2.27 bits per heavy atom. The van der Waals surface area contributed by atoms with E-state index in [0.29, 0.717) is 43.2 Å². The fourth-order valence-electron chi connectivity index (χ4n) is 9.34. The average molecular weight is 569 g/mol. The van der Waals surface area contributed by atoms with Gasteiger partial charge in [-0.15, -0.1) is 0 Å². The summed E-state index contributed by atoms with van der Waals surface area (Å²) in [7, 11) is 0. The third kappa shape index (κ3) is 4.23. The number of ether oxygens (including phenoxy) is 2. The lowest BCUT2D eigenvalue weighted by molar-refractivity contribution is -0.346. The van der Waals surface area contributed by atoms with E-state index in [4.69, 9.17) is 9.47 Å². The third-order valence-electron chi connectivity index (χ3n) is 11.7. The molecular formula is C33H44O8. The molecule has 0 amide bonds. The largest absolute Gasteiger partial charge is 0.455 e. The van der Waals surface area contributed by atoms with Gasteiger partial charge in [0.1, 0.15) is 29.2 Å². The highest BCUT2D eigenvalue weighted by atomic mass is 16.6. The van der Waals surface area contributed by atoms with Crippen molar-refractivity contribution in [1.29, 1.82) is 0 Å². The lowest BCUT2D eigenvalue weighted by Gasteiger charge is -2.69. The first kappa shape index (κ1) is 29.9. The van der Waals surface area contributed by atoms with Crippen molar-refractivity contribution < 1.29 is 39.2 Å². The monoisotopic (exact) mass is 568 g/mol. The number of aliphatic hydroxyl groups excluding tert-OH is 1. The van der Waals surface area contributed by atoms with E-state index in [1.807, 2.05) is 6.92 Å². The smallest absolute Gasteiger partial charge is 0.338 e. The van der Waals surface area contributed by atoms with E-state index in [2.05, 4.69) is 0 Å². The molecule has 8 nitrogen and oxygen atoms in total. The molecule has 41 heavy (non-hydrogen) atoms. The molecule has 0 spiro atoms. The van der Waals surface area contributed by atoms with E-state index in [9.17, 15) is 29.7 Å². The Hall–Kier alpha value is -2.55. The predicted octanol–water partition coefficient (Wildman–Crippen LogP) is 4.15. The van der Waals surface area contributed by atoms with Gasteiger partial charge >= 0.3 is 11.9 Å². The minimum absolute atomic E-state index is 0.00368. The number of carbonyl (C=O) groups excluding carboxylic acids is 3.